The minimum Gasteiger partial charge on any atom is -0.438 e. The lowest BCUT2D eigenvalue weighted by molar-refractivity contribution is -0.113. The summed E-state index contributed by atoms with van der Waals surface area (Å²) in [6, 6.07) is 14.1. The summed E-state index contributed by atoms with van der Waals surface area (Å²) in [5.41, 5.74) is 2.31. The molecule has 1 N–H and O–H groups in total. The Morgan fingerprint density at radius 3 is 2.52 bits per heavy atom. The van der Waals surface area contributed by atoms with Crippen LogP contribution in [-0.2, 0) is 16.1 Å². The minimum atomic E-state index is -0.275. The number of benzene rings is 2. The van der Waals surface area contributed by atoms with Crippen molar-refractivity contribution in [1.82, 2.24) is 9.78 Å². The Hall–Kier alpha value is -2.25. The lowest BCUT2D eigenvalue weighted by atomic mass is 10.1. The fourth-order valence-electron chi connectivity index (χ4n) is 2.60. The van der Waals surface area contributed by atoms with Gasteiger partial charge in [-0.3, -0.25) is 9.48 Å². The number of halogens is 3. The van der Waals surface area contributed by atoms with Gasteiger partial charge in [0, 0.05) is 24.4 Å². The third-order valence-electron chi connectivity index (χ3n) is 3.96. The molecule has 0 unspecified atom stereocenters. The van der Waals surface area contributed by atoms with Crippen LogP contribution in [-0.4, -0.2) is 35.3 Å². The van der Waals surface area contributed by atoms with Crippen molar-refractivity contribution in [1.29, 1.82) is 0 Å². The van der Waals surface area contributed by atoms with Crippen molar-refractivity contribution in [3.05, 3.63) is 58.6 Å². The molecular weight excluding hydrogens is 437 g/mol. The summed E-state index contributed by atoms with van der Waals surface area (Å²) in [6.07, 6.45) is 0. The van der Waals surface area contributed by atoms with E-state index in [0.29, 0.717) is 40.5 Å². The topological polar surface area (TPSA) is 65.4 Å². The normalized spacial score (nSPS) is 10.8. The quantitative estimate of drug-likeness (QED) is 0.458. The largest absolute Gasteiger partial charge is 0.438 e. The molecule has 1 aromatic heterocycles. The van der Waals surface area contributed by atoms with Crippen LogP contribution in [0.3, 0.4) is 0 Å². The molecule has 0 saturated heterocycles. The van der Waals surface area contributed by atoms with E-state index in [2.05, 4.69) is 10.4 Å². The van der Waals surface area contributed by atoms with Crippen molar-refractivity contribution >= 4 is 46.4 Å². The van der Waals surface area contributed by atoms with Crippen LogP contribution in [0.1, 0.15) is 0 Å². The molecular formula is C20H18Cl3N3O3. The highest BCUT2D eigenvalue weighted by molar-refractivity contribution is 6.42. The van der Waals surface area contributed by atoms with E-state index >= 15 is 0 Å². The zero-order valence-electron chi connectivity index (χ0n) is 15.5. The number of carbonyl (C=O) groups excluding carboxylic acids is 1. The predicted octanol–water partition coefficient (Wildman–Crippen LogP) is 5.47. The summed E-state index contributed by atoms with van der Waals surface area (Å²) in [5, 5.41) is 8.12. The smallest absolute Gasteiger partial charge is 0.239 e. The average Bonchev–Trinajstić information content (AvgIpc) is 3.12. The number of alkyl halides is 1. The van der Waals surface area contributed by atoms with Crippen molar-refractivity contribution in [3.8, 4) is 22.9 Å². The van der Waals surface area contributed by atoms with Crippen LogP contribution in [0.25, 0.3) is 11.3 Å². The minimum absolute atomic E-state index is 0.103. The van der Waals surface area contributed by atoms with E-state index in [4.69, 9.17) is 44.3 Å². The maximum atomic E-state index is 11.3. The summed E-state index contributed by atoms with van der Waals surface area (Å²) in [7, 11) is 1.63. The Morgan fingerprint density at radius 1 is 1.10 bits per heavy atom. The van der Waals surface area contributed by atoms with Gasteiger partial charge >= 0.3 is 0 Å². The molecule has 152 valence electrons. The number of ether oxygens (including phenoxy) is 2. The molecule has 0 spiro atoms. The summed E-state index contributed by atoms with van der Waals surface area (Å²) in [6.45, 7) is 1.03. The van der Waals surface area contributed by atoms with Crippen LogP contribution in [0.15, 0.2) is 48.5 Å². The second kappa shape index (κ2) is 9.98. The molecule has 0 aliphatic heterocycles. The molecule has 0 radical (unpaired) electrons. The highest BCUT2D eigenvalue weighted by atomic mass is 35.5. The van der Waals surface area contributed by atoms with Gasteiger partial charge in [0.1, 0.15) is 11.6 Å². The molecule has 6 nitrogen and oxygen atoms in total. The van der Waals surface area contributed by atoms with Crippen LogP contribution in [0.4, 0.5) is 5.69 Å². The van der Waals surface area contributed by atoms with Gasteiger partial charge in [0.2, 0.25) is 11.8 Å². The number of hydrogen-bond donors (Lipinski definition) is 1. The molecule has 0 fully saturated rings. The van der Waals surface area contributed by atoms with Gasteiger partial charge in [-0.1, -0.05) is 29.3 Å². The van der Waals surface area contributed by atoms with Gasteiger partial charge in [-0.15, -0.1) is 16.7 Å². The van der Waals surface area contributed by atoms with Crippen LogP contribution in [0, 0.1) is 0 Å². The van der Waals surface area contributed by atoms with Gasteiger partial charge in [-0.05, 0) is 36.4 Å². The second-order valence-electron chi connectivity index (χ2n) is 6.02. The van der Waals surface area contributed by atoms with Crippen molar-refractivity contribution in [2.45, 2.75) is 6.54 Å². The molecule has 0 saturated carbocycles. The number of amides is 1. The molecule has 2 aromatic carbocycles. The number of aromatic nitrogens is 2. The first kappa shape index (κ1) is 21.5. The molecule has 0 atom stereocenters. The number of nitrogens with zero attached hydrogens (tertiary/aromatic N) is 2. The summed E-state index contributed by atoms with van der Waals surface area (Å²) in [4.78, 5) is 11.3. The van der Waals surface area contributed by atoms with E-state index in [1.54, 1.807) is 48.2 Å². The summed E-state index contributed by atoms with van der Waals surface area (Å²) >= 11 is 17.7. The summed E-state index contributed by atoms with van der Waals surface area (Å²) in [5.74, 6) is 0.614. The highest BCUT2D eigenvalue weighted by Crippen LogP contribution is 2.32. The Bertz CT molecular complexity index is 990. The third-order valence-corrected chi connectivity index (χ3v) is 4.94. The molecule has 0 bridgehead atoms. The van der Waals surface area contributed by atoms with Crippen LogP contribution in [0.2, 0.25) is 10.0 Å². The van der Waals surface area contributed by atoms with Gasteiger partial charge in [0.25, 0.3) is 0 Å². The van der Waals surface area contributed by atoms with Crippen LogP contribution >= 0.6 is 34.8 Å². The fourth-order valence-corrected chi connectivity index (χ4v) is 2.97. The van der Waals surface area contributed by atoms with Gasteiger partial charge in [0.05, 0.1) is 28.9 Å². The van der Waals surface area contributed by atoms with Gasteiger partial charge in [-0.25, -0.2) is 0 Å². The van der Waals surface area contributed by atoms with Gasteiger partial charge < -0.3 is 14.8 Å². The molecule has 1 amide bonds. The Balaban J connectivity index is 1.83. The van der Waals surface area contributed by atoms with E-state index in [0.717, 1.165) is 11.3 Å². The molecule has 0 aliphatic rings. The van der Waals surface area contributed by atoms with Crippen molar-refractivity contribution < 1.29 is 14.3 Å². The molecule has 3 aromatic rings. The SMILES string of the molecule is COCCn1nc(Oc2ccc(NC(=O)CCl)cc2)cc1-c1ccc(Cl)c(Cl)c1. The fraction of sp³-hybridized carbons (Fsp3) is 0.200. The Labute approximate surface area is 183 Å². The number of hydrogen-bond acceptors (Lipinski definition) is 4. The number of methoxy groups -OCH3 is 1. The number of rotatable bonds is 8. The zero-order valence-corrected chi connectivity index (χ0v) is 17.8. The van der Waals surface area contributed by atoms with E-state index in [-0.39, 0.29) is 11.8 Å². The van der Waals surface area contributed by atoms with E-state index in [1.165, 1.54) is 0 Å². The molecule has 3 rings (SSSR count). The number of carbonyl (C=O) groups is 1. The first-order valence-corrected chi connectivity index (χ1v) is 9.95. The number of nitrogens with one attached hydrogen (secondary N) is 1. The van der Waals surface area contributed by atoms with Crippen LogP contribution in [0.5, 0.6) is 11.6 Å². The molecule has 0 aliphatic carbocycles. The summed E-state index contributed by atoms with van der Waals surface area (Å²) < 4.78 is 12.8. The monoisotopic (exact) mass is 453 g/mol. The Morgan fingerprint density at radius 2 is 1.86 bits per heavy atom. The first-order chi connectivity index (χ1) is 14.0. The molecule has 29 heavy (non-hydrogen) atoms. The van der Waals surface area contributed by atoms with E-state index in [9.17, 15) is 4.79 Å². The lowest BCUT2D eigenvalue weighted by Gasteiger charge is -2.07. The third kappa shape index (κ3) is 5.64. The van der Waals surface area contributed by atoms with Crippen molar-refractivity contribution in [3.63, 3.8) is 0 Å². The first-order valence-electron chi connectivity index (χ1n) is 8.66. The number of anilines is 1. The maximum Gasteiger partial charge on any atom is 0.239 e. The second-order valence-corrected chi connectivity index (χ2v) is 7.10. The highest BCUT2D eigenvalue weighted by Gasteiger charge is 2.13. The van der Waals surface area contributed by atoms with Crippen molar-refractivity contribution in [2.75, 3.05) is 24.9 Å². The van der Waals surface area contributed by atoms with Crippen LogP contribution < -0.4 is 10.1 Å². The molecule has 9 heteroatoms. The zero-order chi connectivity index (χ0) is 20.8. The van der Waals surface area contributed by atoms with Gasteiger partial charge in [0.15, 0.2) is 0 Å². The Kier molecular flexibility index (Phi) is 7.39. The standard InChI is InChI=1S/C20H18Cl3N3O3/c1-28-9-8-26-18(13-2-7-16(22)17(23)10-13)11-20(25-26)29-15-5-3-14(4-6-15)24-19(27)12-21/h2-7,10-11H,8-9,12H2,1H3,(H,24,27). The van der Waals surface area contributed by atoms with E-state index < -0.39 is 0 Å². The molecule has 1 heterocycles. The van der Waals surface area contributed by atoms with Gasteiger partial charge in [-0.2, -0.15) is 0 Å². The van der Waals surface area contributed by atoms with Crippen molar-refractivity contribution in [2.24, 2.45) is 0 Å². The van der Waals surface area contributed by atoms with E-state index in [1.807, 2.05) is 12.1 Å². The predicted molar refractivity (Wildman–Crippen MR) is 115 cm³/mol. The average molecular weight is 455 g/mol. The maximum absolute atomic E-state index is 11.3. The lowest BCUT2D eigenvalue weighted by Crippen LogP contribution is -2.12.